The topological polar surface area (TPSA) is 63.6 Å². The Morgan fingerprint density at radius 1 is 1.22 bits per heavy atom. The van der Waals surface area contributed by atoms with E-state index in [9.17, 15) is 4.39 Å². The summed E-state index contributed by atoms with van der Waals surface area (Å²) in [5.41, 5.74) is -0.262. The Labute approximate surface area is 217 Å². The van der Waals surface area contributed by atoms with Crippen molar-refractivity contribution in [3.05, 3.63) is 17.2 Å². The standard InChI is InChI=1S/C25H36ClF2N5O2Si/c1-24(2,3)36(4,5)35-17-7-10-32(14-17)22-18-12-29-21(26)19(28)20(18)30-23(31-22)34-15-25-8-6-9-33(25)13-16(27)11-25/h12,16-17H,6-11,13-15H2,1-5H3/t16-,17?,25+/m1/s1. The molecular weight excluding hydrogens is 504 g/mol. The molecule has 5 heterocycles. The van der Waals surface area contributed by atoms with Crippen LogP contribution in [0.1, 0.15) is 46.5 Å². The van der Waals surface area contributed by atoms with Gasteiger partial charge in [-0.15, -0.1) is 0 Å². The van der Waals surface area contributed by atoms with Crippen molar-refractivity contribution in [2.24, 2.45) is 0 Å². The molecule has 3 aliphatic rings. The number of anilines is 1. The monoisotopic (exact) mass is 539 g/mol. The maximum Gasteiger partial charge on any atom is 0.319 e. The van der Waals surface area contributed by atoms with Gasteiger partial charge in [-0.25, -0.2) is 13.8 Å². The third-order valence-electron chi connectivity index (χ3n) is 8.54. The molecule has 0 aliphatic carbocycles. The lowest BCUT2D eigenvalue weighted by molar-refractivity contribution is 0.107. The zero-order valence-electron chi connectivity index (χ0n) is 21.8. The highest BCUT2D eigenvalue weighted by Gasteiger charge is 2.49. The van der Waals surface area contributed by atoms with Gasteiger partial charge >= 0.3 is 6.01 Å². The van der Waals surface area contributed by atoms with Crippen LogP contribution in [0.5, 0.6) is 6.01 Å². The Hall–Kier alpha value is -1.62. The molecule has 5 rings (SSSR count). The highest BCUT2D eigenvalue weighted by molar-refractivity contribution is 6.74. The van der Waals surface area contributed by atoms with Crippen LogP contribution in [0, 0.1) is 5.82 Å². The smallest absolute Gasteiger partial charge is 0.319 e. The Morgan fingerprint density at radius 3 is 2.75 bits per heavy atom. The van der Waals surface area contributed by atoms with Crippen LogP contribution in [-0.2, 0) is 4.43 Å². The van der Waals surface area contributed by atoms with Crippen LogP contribution in [0.15, 0.2) is 6.20 Å². The fourth-order valence-corrected chi connectivity index (χ4v) is 7.08. The first-order chi connectivity index (χ1) is 16.9. The summed E-state index contributed by atoms with van der Waals surface area (Å²) in [5, 5.41) is 0.358. The predicted octanol–water partition coefficient (Wildman–Crippen LogP) is 5.37. The second-order valence-corrected chi connectivity index (χ2v) is 17.2. The fraction of sp³-hybridized carbons (Fsp3) is 0.720. The van der Waals surface area contributed by atoms with Crippen LogP contribution in [0.3, 0.4) is 0 Å². The lowest BCUT2D eigenvalue weighted by Crippen LogP contribution is -2.44. The zero-order chi connectivity index (χ0) is 25.9. The van der Waals surface area contributed by atoms with E-state index in [1.807, 2.05) is 0 Å². The molecule has 2 aromatic rings. The van der Waals surface area contributed by atoms with E-state index < -0.39 is 20.3 Å². The van der Waals surface area contributed by atoms with Gasteiger partial charge in [0.25, 0.3) is 0 Å². The number of ether oxygens (including phenoxy) is 1. The Morgan fingerprint density at radius 2 is 2.00 bits per heavy atom. The summed E-state index contributed by atoms with van der Waals surface area (Å²) in [4.78, 5) is 17.4. The van der Waals surface area contributed by atoms with Crippen molar-refractivity contribution in [3.63, 3.8) is 0 Å². The van der Waals surface area contributed by atoms with E-state index in [2.05, 4.69) is 53.6 Å². The number of halogens is 3. The second-order valence-electron chi connectivity index (χ2n) is 12.1. The number of hydrogen-bond acceptors (Lipinski definition) is 7. The molecule has 0 N–H and O–H groups in total. The van der Waals surface area contributed by atoms with Gasteiger partial charge in [-0.05, 0) is 43.9 Å². The van der Waals surface area contributed by atoms with Crippen molar-refractivity contribution >= 4 is 36.6 Å². The minimum Gasteiger partial charge on any atom is -0.461 e. The third kappa shape index (κ3) is 4.70. The summed E-state index contributed by atoms with van der Waals surface area (Å²) in [7, 11) is -1.94. The first-order valence-corrected chi connectivity index (χ1v) is 16.1. The molecular formula is C25H36ClF2N5O2Si. The maximum absolute atomic E-state index is 15.0. The van der Waals surface area contributed by atoms with Crippen LogP contribution in [-0.4, -0.2) is 78.8 Å². The highest BCUT2D eigenvalue weighted by Crippen LogP contribution is 2.41. The molecule has 0 spiro atoms. The molecule has 0 radical (unpaired) electrons. The Balaban J connectivity index is 1.42. The molecule has 11 heteroatoms. The fourth-order valence-electron chi connectivity index (χ4n) is 5.56. The maximum atomic E-state index is 15.0. The van der Waals surface area contributed by atoms with Crippen LogP contribution < -0.4 is 9.64 Å². The predicted molar refractivity (Wildman–Crippen MR) is 140 cm³/mol. The van der Waals surface area contributed by atoms with Gasteiger partial charge in [0, 0.05) is 32.3 Å². The van der Waals surface area contributed by atoms with Crippen LogP contribution in [0.4, 0.5) is 14.6 Å². The summed E-state index contributed by atoms with van der Waals surface area (Å²) < 4.78 is 42.0. The number of aromatic nitrogens is 3. The molecule has 198 valence electrons. The normalized spacial score (nSPS) is 27.3. The Bertz CT molecular complexity index is 1150. The van der Waals surface area contributed by atoms with Crippen molar-refractivity contribution in [1.82, 2.24) is 19.9 Å². The molecule has 0 amide bonds. The van der Waals surface area contributed by atoms with Gasteiger partial charge in [-0.2, -0.15) is 9.97 Å². The third-order valence-corrected chi connectivity index (χ3v) is 13.3. The molecule has 3 aliphatic heterocycles. The quantitative estimate of drug-likeness (QED) is 0.361. The highest BCUT2D eigenvalue weighted by atomic mass is 35.5. The van der Waals surface area contributed by atoms with Gasteiger partial charge in [0.05, 0.1) is 17.0 Å². The van der Waals surface area contributed by atoms with Gasteiger partial charge < -0.3 is 14.1 Å². The average Bonchev–Trinajstić information content (AvgIpc) is 3.48. The first kappa shape index (κ1) is 26.0. The van der Waals surface area contributed by atoms with Crippen LogP contribution in [0.2, 0.25) is 23.3 Å². The molecule has 0 aromatic carbocycles. The lowest BCUT2D eigenvalue weighted by atomic mass is 9.95. The van der Waals surface area contributed by atoms with Gasteiger partial charge in [0.2, 0.25) is 0 Å². The van der Waals surface area contributed by atoms with Crippen LogP contribution in [0.25, 0.3) is 10.9 Å². The molecule has 7 nitrogen and oxygen atoms in total. The Kier molecular flexibility index (Phi) is 6.71. The largest absolute Gasteiger partial charge is 0.461 e. The zero-order valence-corrected chi connectivity index (χ0v) is 23.5. The van der Waals surface area contributed by atoms with Crippen molar-refractivity contribution in [2.45, 2.75) is 82.4 Å². The molecule has 0 bridgehead atoms. The minimum absolute atomic E-state index is 0.0660. The van der Waals surface area contributed by atoms with Gasteiger partial charge in [0.15, 0.2) is 19.3 Å². The molecule has 3 fully saturated rings. The second kappa shape index (κ2) is 9.29. The van der Waals surface area contributed by atoms with E-state index in [4.69, 9.17) is 25.7 Å². The number of pyridine rings is 1. The van der Waals surface area contributed by atoms with Crippen molar-refractivity contribution in [1.29, 1.82) is 0 Å². The number of nitrogens with zero attached hydrogens (tertiary/aromatic N) is 5. The number of rotatable bonds is 6. The van der Waals surface area contributed by atoms with E-state index >= 15 is 4.39 Å². The number of hydrogen-bond donors (Lipinski definition) is 0. The summed E-state index contributed by atoms with van der Waals surface area (Å²) in [6.07, 6.45) is 3.91. The SMILES string of the molecule is CC(C)(C)[Si](C)(C)OC1CCN(c2nc(OC[C@@]34CCCN3C[C@H](F)C4)nc3c(F)c(Cl)ncc23)C1. The molecule has 36 heavy (non-hydrogen) atoms. The summed E-state index contributed by atoms with van der Waals surface area (Å²) in [6.45, 7) is 14.1. The van der Waals surface area contributed by atoms with E-state index in [-0.39, 0.29) is 40.0 Å². The van der Waals surface area contributed by atoms with E-state index in [1.165, 1.54) is 6.20 Å². The summed E-state index contributed by atoms with van der Waals surface area (Å²) >= 11 is 5.99. The first-order valence-electron chi connectivity index (χ1n) is 12.8. The van der Waals surface area contributed by atoms with E-state index in [0.717, 1.165) is 32.4 Å². The van der Waals surface area contributed by atoms with Gasteiger partial charge in [0.1, 0.15) is 24.1 Å². The molecule has 1 unspecified atom stereocenters. The summed E-state index contributed by atoms with van der Waals surface area (Å²) in [5.74, 6) is -0.128. The van der Waals surface area contributed by atoms with Gasteiger partial charge in [-0.1, -0.05) is 32.4 Å². The van der Waals surface area contributed by atoms with Crippen molar-refractivity contribution < 1.29 is 17.9 Å². The molecule has 0 saturated carbocycles. The van der Waals surface area contributed by atoms with E-state index in [1.54, 1.807) is 0 Å². The molecule has 2 aromatic heterocycles. The minimum atomic E-state index is -1.94. The summed E-state index contributed by atoms with van der Waals surface area (Å²) in [6, 6.07) is 0.0796. The molecule has 3 atom stereocenters. The van der Waals surface area contributed by atoms with Gasteiger partial charge in [-0.3, -0.25) is 4.90 Å². The van der Waals surface area contributed by atoms with Crippen molar-refractivity contribution in [2.75, 3.05) is 37.7 Å². The van der Waals surface area contributed by atoms with E-state index in [0.29, 0.717) is 30.7 Å². The number of fused-ring (bicyclic) bond motifs is 2. The number of alkyl halides is 1. The van der Waals surface area contributed by atoms with Crippen LogP contribution >= 0.6 is 11.6 Å². The molecule has 3 saturated heterocycles. The average molecular weight is 540 g/mol. The lowest BCUT2D eigenvalue weighted by Gasteiger charge is -2.38. The van der Waals surface area contributed by atoms with Crippen molar-refractivity contribution in [3.8, 4) is 6.01 Å².